The van der Waals surface area contributed by atoms with E-state index in [1.807, 2.05) is 0 Å². The molecule has 17 heavy (non-hydrogen) atoms. The predicted molar refractivity (Wildman–Crippen MR) is 67.0 cm³/mol. The Kier molecular flexibility index (Phi) is 2.58. The van der Waals surface area contributed by atoms with Crippen molar-refractivity contribution in [2.75, 3.05) is 6.26 Å². The van der Waals surface area contributed by atoms with Gasteiger partial charge in [-0.1, -0.05) is 18.2 Å². The Bertz CT molecular complexity index is 757. The first-order valence-corrected chi connectivity index (χ1v) is 7.01. The molecule has 0 unspecified atom stereocenters. The van der Waals surface area contributed by atoms with Crippen molar-refractivity contribution in [1.82, 2.24) is 4.57 Å². The van der Waals surface area contributed by atoms with Crippen molar-refractivity contribution in [3.63, 3.8) is 0 Å². The highest BCUT2D eigenvalue weighted by molar-refractivity contribution is 7.90. The van der Waals surface area contributed by atoms with Crippen LogP contribution in [0.2, 0.25) is 0 Å². The van der Waals surface area contributed by atoms with Crippen molar-refractivity contribution < 1.29 is 8.42 Å². The zero-order chi connectivity index (χ0) is 12.8. The highest BCUT2D eigenvalue weighted by Gasteiger charge is 2.18. The number of rotatable bonds is 1. The Balaban J connectivity index is 3.14. The number of pyridine rings is 1. The zero-order valence-electron chi connectivity index (χ0n) is 9.89. The summed E-state index contributed by atoms with van der Waals surface area (Å²) < 4.78 is 24.6. The summed E-state index contributed by atoms with van der Waals surface area (Å²) >= 11 is 0. The Labute approximate surface area is 99.4 Å². The smallest absolute Gasteiger partial charge is 0.259 e. The van der Waals surface area contributed by atoms with Gasteiger partial charge in [0.15, 0.2) is 9.84 Å². The van der Waals surface area contributed by atoms with Crippen LogP contribution in [0, 0.1) is 6.92 Å². The van der Waals surface area contributed by atoms with Gasteiger partial charge in [0.1, 0.15) is 5.03 Å². The molecule has 90 valence electrons. The van der Waals surface area contributed by atoms with E-state index >= 15 is 0 Å². The molecule has 1 aromatic heterocycles. The molecule has 0 radical (unpaired) electrons. The number of aryl methyl sites for hydroxylation is 1. The number of benzene rings is 1. The summed E-state index contributed by atoms with van der Waals surface area (Å²) in [6.45, 7) is 1.72. The van der Waals surface area contributed by atoms with Crippen LogP contribution in [0.5, 0.6) is 0 Å². The number of sulfone groups is 1. The van der Waals surface area contributed by atoms with E-state index in [4.69, 9.17) is 0 Å². The normalized spacial score (nSPS) is 11.9. The number of aromatic nitrogens is 1. The van der Waals surface area contributed by atoms with Gasteiger partial charge in [0.2, 0.25) is 0 Å². The van der Waals surface area contributed by atoms with Gasteiger partial charge in [-0.05, 0) is 23.9 Å². The lowest BCUT2D eigenvalue weighted by Crippen LogP contribution is -2.24. The van der Waals surface area contributed by atoms with Gasteiger partial charge in [0.25, 0.3) is 5.56 Å². The van der Waals surface area contributed by atoms with Gasteiger partial charge in [0, 0.05) is 18.7 Å². The van der Waals surface area contributed by atoms with Gasteiger partial charge in [0.05, 0.1) is 0 Å². The third kappa shape index (κ3) is 1.76. The monoisotopic (exact) mass is 251 g/mol. The molecule has 2 aromatic rings. The molecule has 0 aliphatic rings. The molecule has 2 rings (SSSR count). The summed E-state index contributed by atoms with van der Waals surface area (Å²) in [7, 11) is -1.93. The molecular weight excluding hydrogens is 238 g/mol. The summed E-state index contributed by atoms with van der Waals surface area (Å²) in [4.78, 5) is 12.0. The molecule has 1 aromatic carbocycles. The fourth-order valence-electron chi connectivity index (χ4n) is 2.16. The van der Waals surface area contributed by atoms with Crippen LogP contribution in [0.4, 0.5) is 0 Å². The molecule has 0 fully saturated rings. The third-order valence-corrected chi connectivity index (χ3v) is 4.13. The SMILES string of the molecule is Cc1c(S(C)(=O)=O)n(C)c(=O)c2ccccc12. The average molecular weight is 251 g/mol. The zero-order valence-corrected chi connectivity index (χ0v) is 10.7. The number of hydrogen-bond donors (Lipinski definition) is 0. The summed E-state index contributed by atoms with van der Waals surface area (Å²) in [5.41, 5.74) is 0.330. The first-order valence-electron chi connectivity index (χ1n) is 5.12. The van der Waals surface area contributed by atoms with E-state index < -0.39 is 9.84 Å². The minimum atomic E-state index is -3.42. The molecule has 0 N–H and O–H groups in total. The quantitative estimate of drug-likeness (QED) is 0.766. The van der Waals surface area contributed by atoms with Crippen LogP contribution >= 0.6 is 0 Å². The second kappa shape index (κ2) is 3.70. The molecule has 0 bridgehead atoms. The van der Waals surface area contributed by atoms with E-state index in [0.29, 0.717) is 16.3 Å². The van der Waals surface area contributed by atoms with E-state index in [9.17, 15) is 13.2 Å². The fourth-order valence-corrected chi connectivity index (χ4v) is 3.41. The molecule has 0 aliphatic heterocycles. The maximum atomic E-state index is 12.0. The van der Waals surface area contributed by atoms with E-state index in [2.05, 4.69) is 0 Å². The van der Waals surface area contributed by atoms with E-state index in [0.717, 1.165) is 6.26 Å². The van der Waals surface area contributed by atoms with Crippen molar-refractivity contribution >= 4 is 20.6 Å². The number of hydrogen-bond acceptors (Lipinski definition) is 3. The summed E-state index contributed by atoms with van der Waals surface area (Å²) in [6, 6.07) is 7.03. The van der Waals surface area contributed by atoms with Gasteiger partial charge in [-0.3, -0.25) is 4.79 Å². The topological polar surface area (TPSA) is 56.1 Å². The molecule has 0 saturated carbocycles. The molecule has 0 saturated heterocycles. The van der Waals surface area contributed by atoms with E-state index in [1.54, 1.807) is 31.2 Å². The van der Waals surface area contributed by atoms with Crippen molar-refractivity contribution in [3.8, 4) is 0 Å². The molecule has 0 spiro atoms. The van der Waals surface area contributed by atoms with Crippen LogP contribution in [0.3, 0.4) is 0 Å². The molecule has 0 aliphatic carbocycles. The van der Waals surface area contributed by atoms with Crippen LogP contribution in [0.1, 0.15) is 5.56 Å². The fraction of sp³-hybridized carbons (Fsp3) is 0.250. The lowest BCUT2D eigenvalue weighted by atomic mass is 10.1. The van der Waals surface area contributed by atoms with E-state index in [-0.39, 0.29) is 10.6 Å². The van der Waals surface area contributed by atoms with Crippen LogP contribution in [-0.2, 0) is 16.9 Å². The van der Waals surface area contributed by atoms with Gasteiger partial charge in [-0.25, -0.2) is 8.42 Å². The largest absolute Gasteiger partial charge is 0.301 e. The number of nitrogens with zero attached hydrogens (tertiary/aromatic N) is 1. The Hall–Kier alpha value is -1.62. The molecule has 0 atom stereocenters. The Morgan fingerprint density at radius 1 is 1.12 bits per heavy atom. The second-order valence-electron chi connectivity index (χ2n) is 4.11. The van der Waals surface area contributed by atoms with Gasteiger partial charge >= 0.3 is 0 Å². The first kappa shape index (κ1) is 11.9. The first-order chi connectivity index (χ1) is 7.84. The Morgan fingerprint density at radius 2 is 1.65 bits per heavy atom. The second-order valence-corrected chi connectivity index (χ2v) is 6.04. The highest BCUT2D eigenvalue weighted by Crippen LogP contribution is 2.21. The maximum Gasteiger partial charge on any atom is 0.259 e. The Morgan fingerprint density at radius 3 is 2.18 bits per heavy atom. The van der Waals surface area contributed by atoms with Crippen molar-refractivity contribution in [3.05, 3.63) is 40.2 Å². The van der Waals surface area contributed by atoms with E-state index in [1.165, 1.54) is 11.6 Å². The summed E-state index contributed by atoms with van der Waals surface area (Å²) in [5, 5.41) is 1.32. The molecule has 1 heterocycles. The standard InChI is InChI=1S/C12H13NO3S/c1-8-9-6-4-5-7-10(9)11(14)13(2)12(8)17(3,15)16/h4-7H,1-3H3. The van der Waals surface area contributed by atoms with Crippen LogP contribution in [0.15, 0.2) is 34.1 Å². The maximum absolute atomic E-state index is 12.0. The van der Waals surface area contributed by atoms with Gasteiger partial charge in [-0.15, -0.1) is 0 Å². The summed E-state index contributed by atoms with van der Waals surface area (Å²) in [5.74, 6) is 0. The highest BCUT2D eigenvalue weighted by atomic mass is 32.2. The minimum Gasteiger partial charge on any atom is -0.301 e. The van der Waals surface area contributed by atoms with Crippen molar-refractivity contribution in [2.45, 2.75) is 11.9 Å². The van der Waals surface area contributed by atoms with Crippen LogP contribution in [-0.4, -0.2) is 19.2 Å². The lowest BCUT2D eigenvalue weighted by Gasteiger charge is -2.12. The predicted octanol–water partition coefficient (Wildman–Crippen LogP) is 1.25. The van der Waals surface area contributed by atoms with Gasteiger partial charge in [-0.2, -0.15) is 0 Å². The molecule has 0 amide bonds. The van der Waals surface area contributed by atoms with Crippen LogP contribution in [0.25, 0.3) is 10.8 Å². The third-order valence-electron chi connectivity index (χ3n) is 2.84. The van der Waals surface area contributed by atoms with Crippen molar-refractivity contribution in [1.29, 1.82) is 0 Å². The summed E-state index contributed by atoms with van der Waals surface area (Å²) in [6.07, 6.45) is 1.11. The number of fused-ring (bicyclic) bond motifs is 1. The van der Waals surface area contributed by atoms with Crippen molar-refractivity contribution in [2.24, 2.45) is 7.05 Å². The molecule has 4 nitrogen and oxygen atoms in total. The average Bonchev–Trinajstić information content (AvgIpc) is 2.24. The van der Waals surface area contributed by atoms with Gasteiger partial charge < -0.3 is 4.57 Å². The van der Waals surface area contributed by atoms with Crippen LogP contribution < -0.4 is 5.56 Å². The lowest BCUT2D eigenvalue weighted by molar-refractivity contribution is 0.587. The minimum absolute atomic E-state index is 0.0844. The molecular formula is C12H13NO3S. The molecule has 5 heteroatoms.